The van der Waals surface area contributed by atoms with Gasteiger partial charge in [0.15, 0.2) is 0 Å². The van der Waals surface area contributed by atoms with Crippen LogP contribution in [-0.2, 0) is 4.79 Å². The number of hydrogen-bond acceptors (Lipinski definition) is 9. The molecule has 2 aromatic carbocycles. The normalized spacial score (nSPS) is 12.9. The van der Waals surface area contributed by atoms with Gasteiger partial charge in [0.25, 0.3) is 0 Å². The number of carbonyl (C=O) groups is 1. The quantitative estimate of drug-likeness (QED) is 0.127. The number of anilines is 4. The third kappa shape index (κ3) is 7.13. The Morgan fingerprint density at radius 2 is 1.79 bits per heavy atom. The van der Waals surface area contributed by atoms with E-state index in [0.717, 1.165) is 53.2 Å². The summed E-state index contributed by atoms with van der Waals surface area (Å²) < 4.78 is 11.0. The van der Waals surface area contributed by atoms with Crippen LogP contribution in [-0.4, -0.2) is 69.1 Å². The molecule has 9 nitrogen and oxygen atoms in total. The van der Waals surface area contributed by atoms with Crippen LogP contribution in [0, 0.1) is 12.8 Å². The number of aldehydes is 1. The number of benzene rings is 2. The van der Waals surface area contributed by atoms with E-state index in [1.165, 1.54) is 6.08 Å². The number of aromatic nitrogens is 2. The number of aryl methyl sites for hydroxylation is 1. The molecule has 0 saturated carbocycles. The summed E-state index contributed by atoms with van der Waals surface area (Å²) in [6.07, 6.45) is 3.67. The molecule has 0 bridgehead atoms. The number of methoxy groups -OCH3 is 2. The number of carbonyl (C=O) groups excluding carboxylic acids is 1. The second kappa shape index (κ2) is 14.4. The molecule has 3 N–H and O–H groups in total. The molecule has 11 heteroatoms. The van der Waals surface area contributed by atoms with Crippen LogP contribution in [0.15, 0.2) is 55.3 Å². The van der Waals surface area contributed by atoms with Crippen molar-refractivity contribution in [3.63, 3.8) is 0 Å². The van der Waals surface area contributed by atoms with Crippen molar-refractivity contribution in [2.75, 3.05) is 63.9 Å². The van der Waals surface area contributed by atoms with E-state index in [1.54, 1.807) is 20.3 Å². The minimum atomic E-state index is 0.368. The van der Waals surface area contributed by atoms with Crippen LogP contribution in [0.5, 0.6) is 11.5 Å². The molecule has 0 atom stereocenters. The number of nitrogens with zero attached hydrogens (tertiary/aromatic N) is 3. The Morgan fingerprint density at radius 1 is 1.12 bits per heavy atom. The van der Waals surface area contributed by atoms with Crippen molar-refractivity contribution >= 4 is 63.3 Å². The zero-order chi connectivity index (χ0) is 31.1. The first kappa shape index (κ1) is 31.9. The smallest absolute Gasteiger partial charge is 0.142 e. The molecule has 0 amide bonds. The number of hydrogen-bond donors (Lipinski definition) is 3. The van der Waals surface area contributed by atoms with Gasteiger partial charge in [-0.05, 0) is 43.8 Å². The third-order valence-electron chi connectivity index (χ3n) is 7.13. The van der Waals surface area contributed by atoms with Crippen molar-refractivity contribution in [1.29, 1.82) is 0 Å². The largest absolute Gasteiger partial charge is 0.495 e. The van der Waals surface area contributed by atoms with Crippen molar-refractivity contribution in [3.8, 4) is 22.8 Å². The molecule has 2 aromatic heterocycles. The molecule has 5 rings (SSSR count). The summed E-state index contributed by atoms with van der Waals surface area (Å²) in [5, 5.41) is 12.9. The van der Waals surface area contributed by atoms with Gasteiger partial charge in [-0.1, -0.05) is 41.9 Å². The SMILES string of the molecule is C=CC=O.CNc1cccc(C)c1Nc1cc2c(NCC3CN(C)C3)nc(-c3c(Cl)c(OC)cc(OC)c3Cl)cc2cn1. The van der Waals surface area contributed by atoms with Crippen molar-refractivity contribution in [2.24, 2.45) is 5.92 Å². The van der Waals surface area contributed by atoms with E-state index in [9.17, 15) is 0 Å². The molecule has 0 aliphatic carbocycles. The van der Waals surface area contributed by atoms with Crippen LogP contribution < -0.4 is 25.4 Å². The first-order valence-electron chi connectivity index (χ1n) is 13.7. The Morgan fingerprint density at radius 3 is 2.37 bits per heavy atom. The highest BCUT2D eigenvalue weighted by Crippen LogP contribution is 2.46. The molecular formula is C32H36Cl2N6O3. The molecule has 1 aliphatic rings. The van der Waals surface area contributed by atoms with Crippen molar-refractivity contribution in [2.45, 2.75) is 6.92 Å². The fraction of sp³-hybridized carbons (Fsp3) is 0.281. The van der Waals surface area contributed by atoms with Crippen LogP contribution in [0.1, 0.15) is 5.56 Å². The number of likely N-dealkylation sites (tertiary alicyclic amines) is 1. The molecule has 3 heterocycles. The molecule has 0 spiro atoms. The summed E-state index contributed by atoms with van der Waals surface area (Å²) in [6.45, 7) is 8.07. The summed E-state index contributed by atoms with van der Waals surface area (Å²) in [6, 6.07) is 11.7. The number of nitrogens with one attached hydrogen (secondary N) is 3. The lowest BCUT2D eigenvalue weighted by Gasteiger charge is -2.36. The molecular weight excluding hydrogens is 587 g/mol. The Labute approximate surface area is 262 Å². The number of pyridine rings is 2. The van der Waals surface area contributed by atoms with Crippen LogP contribution in [0.2, 0.25) is 10.0 Å². The molecule has 1 fully saturated rings. The number of fused-ring (bicyclic) bond motifs is 1. The molecule has 1 aliphatic heterocycles. The van der Waals surface area contributed by atoms with Gasteiger partial charge in [0.1, 0.15) is 29.4 Å². The van der Waals surface area contributed by atoms with Gasteiger partial charge in [0.05, 0.1) is 41.3 Å². The van der Waals surface area contributed by atoms with Gasteiger partial charge in [-0.2, -0.15) is 0 Å². The zero-order valence-electron chi connectivity index (χ0n) is 24.9. The second-order valence-electron chi connectivity index (χ2n) is 10.1. The fourth-order valence-electron chi connectivity index (χ4n) is 4.96. The van der Waals surface area contributed by atoms with Crippen molar-refractivity contribution in [3.05, 3.63) is 70.9 Å². The second-order valence-corrected chi connectivity index (χ2v) is 10.9. The lowest BCUT2D eigenvalue weighted by atomic mass is 10.0. The number of ether oxygens (including phenoxy) is 2. The average molecular weight is 624 g/mol. The third-order valence-corrected chi connectivity index (χ3v) is 7.88. The Bertz CT molecular complexity index is 1590. The van der Waals surface area contributed by atoms with Gasteiger partial charge < -0.3 is 30.3 Å². The predicted molar refractivity (Wildman–Crippen MR) is 178 cm³/mol. The van der Waals surface area contributed by atoms with Gasteiger partial charge in [0.2, 0.25) is 0 Å². The van der Waals surface area contributed by atoms with E-state index in [2.05, 4.69) is 47.5 Å². The number of allylic oxidation sites excluding steroid dienone is 1. The zero-order valence-corrected chi connectivity index (χ0v) is 26.4. The maximum atomic E-state index is 9.06. The molecule has 43 heavy (non-hydrogen) atoms. The Balaban J connectivity index is 0.000000996. The van der Waals surface area contributed by atoms with Gasteiger partial charge in [0, 0.05) is 61.2 Å². The molecule has 0 unspecified atom stereocenters. The van der Waals surface area contributed by atoms with Crippen LogP contribution in [0.4, 0.5) is 23.0 Å². The van der Waals surface area contributed by atoms with Gasteiger partial charge in [-0.3, -0.25) is 4.79 Å². The summed E-state index contributed by atoms with van der Waals surface area (Å²) in [4.78, 5) is 21.1. The highest BCUT2D eigenvalue weighted by Gasteiger charge is 2.24. The highest BCUT2D eigenvalue weighted by atomic mass is 35.5. The summed E-state index contributed by atoms with van der Waals surface area (Å²) in [5.41, 5.74) is 4.23. The number of halogens is 2. The highest BCUT2D eigenvalue weighted by molar-refractivity contribution is 6.41. The standard InChI is InChI=1S/C29H32Cl2N6O2.C3H4O/c1-16-7-6-8-20(32-2)28(16)36-24-10-19-18(13-33-24)9-21(35-29(19)34-12-17-14-37(3)15-17)25-26(30)22(38-4)11-23(39-5)27(25)31;1-2-3-4/h6-11,13,17,32H,12,14-15H2,1-5H3,(H,33,36)(H,34,35);2-3H,1H2. The van der Waals surface area contributed by atoms with Crippen molar-refractivity contribution < 1.29 is 14.3 Å². The van der Waals surface area contributed by atoms with Crippen LogP contribution in [0.25, 0.3) is 22.0 Å². The van der Waals surface area contributed by atoms with Gasteiger partial charge >= 0.3 is 0 Å². The molecule has 226 valence electrons. The number of para-hydroxylation sites is 1. The van der Waals surface area contributed by atoms with Gasteiger partial charge in [-0.15, -0.1) is 0 Å². The monoisotopic (exact) mass is 622 g/mol. The number of rotatable bonds is 10. The van der Waals surface area contributed by atoms with Crippen molar-refractivity contribution in [1.82, 2.24) is 14.9 Å². The van der Waals surface area contributed by atoms with E-state index in [0.29, 0.717) is 50.8 Å². The topological polar surface area (TPSA) is 101 Å². The van der Waals surface area contributed by atoms with E-state index < -0.39 is 0 Å². The molecule has 1 saturated heterocycles. The van der Waals surface area contributed by atoms with E-state index in [-0.39, 0.29) is 0 Å². The minimum Gasteiger partial charge on any atom is -0.495 e. The molecule has 4 aromatic rings. The fourth-order valence-corrected chi connectivity index (χ4v) is 5.65. The maximum absolute atomic E-state index is 9.06. The summed E-state index contributed by atoms with van der Waals surface area (Å²) >= 11 is 13.5. The van der Waals surface area contributed by atoms with Gasteiger partial charge in [-0.25, -0.2) is 9.97 Å². The van der Waals surface area contributed by atoms with Crippen LogP contribution in [0.3, 0.4) is 0 Å². The van der Waals surface area contributed by atoms with E-state index >= 15 is 0 Å². The summed E-state index contributed by atoms with van der Waals surface area (Å²) in [7, 11) is 7.14. The Kier molecular flexibility index (Phi) is 10.7. The lowest BCUT2D eigenvalue weighted by Crippen LogP contribution is -2.46. The van der Waals surface area contributed by atoms with Crippen LogP contribution >= 0.6 is 23.2 Å². The molecule has 0 radical (unpaired) electrons. The minimum absolute atomic E-state index is 0.368. The Hall–Kier alpha value is -4.05. The first-order chi connectivity index (χ1) is 20.7. The predicted octanol–water partition coefficient (Wildman–Crippen LogP) is 7.06. The average Bonchev–Trinajstić information content (AvgIpc) is 3.00. The van der Waals surface area contributed by atoms with E-state index in [1.807, 2.05) is 37.5 Å². The van der Waals surface area contributed by atoms with E-state index in [4.69, 9.17) is 47.4 Å². The lowest BCUT2D eigenvalue weighted by molar-refractivity contribution is -0.104. The maximum Gasteiger partial charge on any atom is 0.142 e. The first-order valence-corrected chi connectivity index (χ1v) is 14.4. The summed E-state index contributed by atoms with van der Waals surface area (Å²) in [5.74, 6) is 2.91.